The first-order chi connectivity index (χ1) is 16.4. The van der Waals surface area contributed by atoms with Crippen LogP contribution in [0.5, 0.6) is 5.75 Å². The Balaban J connectivity index is 1.50. The van der Waals surface area contributed by atoms with Crippen molar-refractivity contribution < 1.29 is 18.3 Å². The number of carbonyl (C=O) groups is 1. The molecule has 1 N–H and O–H groups in total. The van der Waals surface area contributed by atoms with E-state index in [0.29, 0.717) is 21.8 Å². The number of nitrogens with zero attached hydrogens (tertiary/aromatic N) is 3. The van der Waals surface area contributed by atoms with Crippen LogP contribution >= 0.6 is 23.4 Å². The quantitative estimate of drug-likeness (QED) is 0.309. The maximum Gasteiger partial charge on any atom is 0.234 e. The number of amides is 1. The van der Waals surface area contributed by atoms with Gasteiger partial charge in [0.25, 0.3) is 0 Å². The third-order valence-electron chi connectivity index (χ3n) is 4.71. The van der Waals surface area contributed by atoms with Crippen LogP contribution in [0.2, 0.25) is 5.02 Å². The van der Waals surface area contributed by atoms with E-state index in [-0.39, 0.29) is 18.0 Å². The molecule has 174 valence electrons. The van der Waals surface area contributed by atoms with Gasteiger partial charge in [0.15, 0.2) is 22.6 Å². The SMILES string of the molecule is Cc1ccc(OCc2nnc(SCC(=O)Nc3ccc(F)c(F)c3)n2-c2ccc(Cl)cc2)cc1. The number of hydrogen-bond acceptors (Lipinski definition) is 5. The van der Waals surface area contributed by atoms with Crippen LogP contribution in [0.1, 0.15) is 11.4 Å². The van der Waals surface area contributed by atoms with E-state index in [4.69, 9.17) is 16.3 Å². The van der Waals surface area contributed by atoms with Crippen molar-refractivity contribution in [3.63, 3.8) is 0 Å². The van der Waals surface area contributed by atoms with Crippen LogP contribution in [-0.2, 0) is 11.4 Å². The van der Waals surface area contributed by atoms with Gasteiger partial charge in [0.1, 0.15) is 12.4 Å². The third-order valence-corrected chi connectivity index (χ3v) is 5.89. The Morgan fingerprint density at radius 2 is 1.76 bits per heavy atom. The number of aromatic nitrogens is 3. The summed E-state index contributed by atoms with van der Waals surface area (Å²) < 4.78 is 34.1. The Bertz CT molecular complexity index is 1300. The second-order valence-corrected chi connectivity index (χ2v) is 8.66. The maximum absolute atomic E-state index is 13.4. The zero-order valence-electron chi connectivity index (χ0n) is 18.0. The highest BCUT2D eigenvalue weighted by atomic mass is 35.5. The van der Waals surface area contributed by atoms with Crippen molar-refractivity contribution >= 4 is 35.0 Å². The average molecular weight is 501 g/mol. The van der Waals surface area contributed by atoms with Crippen LogP contribution < -0.4 is 10.1 Å². The van der Waals surface area contributed by atoms with Crippen LogP contribution in [0.15, 0.2) is 71.9 Å². The summed E-state index contributed by atoms with van der Waals surface area (Å²) in [6, 6.07) is 17.9. The fourth-order valence-corrected chi connectivity index (χ4v) is 3.92. The van der Waals surface area contributed by atoms with Crippen molar-refractivity contribution in [1.82, 2.24) is 14.8 Å². The zero-order chi connectivity index (χ0) is 24.1. The van der Waals surface area contributed by atoms with Crippen molar-refractivity contribution in [2.45, 2.75) is 18.7 Å². The highest BCUT2D eigenvalue weighted by molar-refractivity contribution is 7.99. The largest absolute Gasteiger partial charge is 0.486 e. The number of thioether (sulfide) groups is 1. The zero-order valence-corrected chi connectivity index (χ0v) is 19.5. The summed E-state index contributed by atoms with van der Waals surface area (Å²) >= 11 is 7.18. The van der Waals surface area contributed by atoms with Gasteiger partial charge < -0.3 is 10.1 Å². The molecular weight excluding hydrogens is 482 g/mol. The molecule has 34 heavy (non-hydrogen) atoms. The molecule has 0 aliphatic rings. The fourth-order valence-electron chi connectivity index (χ4n) is 3.02. The Hall–Kier alpha value is -3.43. The highest BCUT2D eigenvalue weighted by Crippen LogP contribution is 2.25. The molecule has 0 spiro atoms. The van der Waals surface area contributed by atoms with Gasteiger partial charge >= 0.3 is 0 Å². The lowest BCUT2D eigenvalue weighted by Crippen LogP contribution is -2.15. The Morgan fingerprint density at radius 1 is 1.03 bits per heavy atom. The molecule has 0 atom stereocenters. The van der Waals surface area contributed by atoms with E-state index in [1.165, 1.54) is 6.07 Å². The molecule has 4 rings (SSSR count). The lowest BCUT2D eigenvalue weighted by molar-refractivity contribution is -0.113. The molecule has 0 fully saturated rings. The van der Waals surface area contributed by atoms with Gasteiger partial charge in [-0.05, 0) is 55.5 Å². The van der Waals surface area contributed by atoms with Gasteiger partial charge in [-0.1, -0.05) is 41.1 Å². The van der Waals surface area contributed by atoms with Crippen LogP contribution in [-0.4, -0.2) is 26.4 Å². The summed E-state index contributed by atoms with van der Waals surface area (Å²) in [5.74, 6) is -1.22. The number of nitrogens with one attached hydrogen (secondary N) is 1. The van der Waals surface area contributed by atoms with Crippen LogP contribution in [0.3, 0.4) is 0 Å². The minimum Gasteiger partial charge on any atom is -0.486 e. The van der Waals surface area contributed by atoms with Gasteiger partial charge in [-0.15, -0.1) is 10.2 Å². The molecule has 0 unspecified atom stereocenters. The number of rotatable bonds is 8. The van der Waals surface area contributed by atoms with Crippen molar-refractivity contribution in [1.29, 1.82) is 0 Å². The molecule has 4 aromatic rings. The van der Waals surface area contributed by atoms with E-state index in [1.54, 1.807) is 16.7 Å². The monoisotopic (exact) mass is 500 g/mol. The molecule has 6 nitrogen and oxygen atoms in total. The number of hydrogen-bond donors (Lipinski definition) is 1. The predicted molar refractivity (Wildman–Crippen MR) is 128 cm³/mol. The first kappa shape index (κ1) is 23.7. The van der Waals surface area contributed by atoms with E-state index >= 15 is 0 Å². The molecule has 1 aromatic heterocycles. The minimum absolute atomic E-state index is 0.0243. The summed E-state index contributed by atoms with van der Waals surface area (Å²) in [6.45, 7) is 2.15. The Kier molecular flexibility index (Phi) is 7.44. The smallest absolute Gasteiger partial charge is 0.234 e. The summed E-state index contributed by atoms with van der Waals surface area (Å²) in [6.07, 6.45) is 0. The molecule has 0 saturated heterocycles. The standard InChI is InChI=1S/C24H19ClF2N4O2S/c1-15-2-9-19(10-3-15)33-13-22-29-30-24(31(22)18-7-4-16(25)5-8-18)34-14-23(32)28-17-6-11-20(26)21(27)12-17/h2-12H,13-14H2,1H3,(H,28,32). The van der Waals surface area contributed by atoms with Crippen LogP contribution in [0, 0.1) is 18.6 Å². The topological polar surface area (TPSA) is 69.0 Å². The predicted octanol–water partition coefficient (Wildman–Crippen LogP) is 5.82. The van der Waals surface area contributed by atoms with Crippen LogP contribution in [0.25, 0.3) is 5.69 Å². The van der Waals surface area contributed by atoms with E-state index in [9.17, 15) is 13.6 Å². The van der Waals surface area contributed by atoms with Gasteiger partial charge in [0.2, 0.25) is 5.91 Å². The summed E-state index contributed by atoms with van der Waals surface area (Å²) in [4.78, 5) is 12.4. The van der Waals surface area contributed by atoms with E-state index in [2.05, 4.69) is 15.5 Å². The summed E-state index contributed by atoms with van der Waals surface area (Å²) in [5.41, 5.74) is 2.04. The first-order valence-electron chi connectivity index (χ1n) is 10.2. The van der Waals surface area contributed by atoms with E-state index in [0.717, 1.165) is 35.1 Å². The third kappa shape index (κ3) is 5.92. The Labute approximate surface area is 203 Å². The van der Waals surface area contributed by atoms with Gasteiger partial charge in [0.05, 0.1) is 5.75 Å². The van der Waals surface area contributed by atoms with E-state index < -0.39 is 17.5 Å². The maximum atomic E-state index is 13.4. The lowest BCUT2D eigenvalue weighted by Gasteiger charge is -2.11. The molecule has 0 aliphatic carbocycles. The molecule has 0 radical (unpaired) electrons. The number of anilines is 1. The lowest BCUT2D eigenvalue weighted by atomic mass is 10.2. The number of ether oxygens (including phenoxy) is 1. The van der Waals surface area contributed by atoms with Crippen molar-refractivity contribution in [2.24, 2.45) is 0 Å². The summed E-state index contributed by atoms with van der Waals surface area (Å²) in [7, 11) is 0. The van der Waals surface area contributed by atoms with Gasteiger partial charge in [-0.2, -0.15) is 0 Å². The van der Waals surface area contributed by atoms with Crippen molar-refractivity contribution in [2.75, 3.05) is 11.1 Å². The first-order valence-corrected chi connectivity index (χ1v) is 11.5. The number of halogens is 3. The highest BCUT2D eigenvalue weighted by Gasteiger charge is 2.17. The fraction of sp³-hybridized carbons (Fsp3) is 0.125. The molecule has 10 heteroatoms. The molecule has 0 aliphatic heterocycles. The molecule has 1 amide bonds. The number of aryl methyl sites for hydroxylation is 1. The number of carbonyl (C=O) groups excluding carboxylic acids is 1. The van der Waals surface area contributed by atoms with Crippen molar-refractivity contribution in [3.05, 3.63) is 94.8 Å². The number of benzene rings is 3. The van der Waals surface area contributed by atoms with Gasteiger partial charge in [0, 0.05) is 22.5 Å². The van der Waals surface area contributed by atoms with E-state index in [1.807, 2.05) is 43.3 Å². The van der Waals surface area contributed by atoms with Crippen LogP contribution in [0.4, 0.5) is 14.5 Å². The van der Waals surface area contributed by atoms with Gasteiger partial charge in [-0.3, -0.25) is 9.36 Å². The minimum atomic E-state index is -1.04. The molecule has 1 heterocycles. The average Bonchev–Trinajstić information content (AvgIpc) is 3.23. The summed E-state index contributed by atoms with van der Waals surface area (Å²) in [5, 5.41) is 12.0. The molecule has 0 saturated carbocycles. The van der Waals surface area contributed by atoms with Crippen molar-refractivity contribution in [3.8, 4) is 11.4 Å². The molecule has 3 aromatic carbocycles. The second kappa shape index (κ2) is 10.7. The molecule has 0 bridgehead atoms. The van der Waals surface area contributed by atoms with Gasteiger partial charge in [-0.25, -0.2) is 8.78 Å². The molecular formula is C24H19ClF2N4O2S. The normalized spacial score (nSPS) is 10.8. The Morgan fingerprint density at radius 3 is 2.47 bits per heavy atom. The second-order valence-electron chi connectivity index (χ2n) is 7.28.